The van der Waals surface area contributed by atoms with E-state index >= 15 is 0 Å². The average molecular weight is 357 g/mol. The molecule has 0 spiro atoms. The Morgan fingerprint density at radius 1 is 1.17 bits per heavy atom. The molecule has 6 heteroatoms. The molecule has 5 nitrogen and oxygen atoms in total. The number of hydrogen-bond donors (Lipinski definition) is 1. The first-order valence-corrected chi connectivity index (χ1v) is 8.41. The summed E-state index contributed by atoms with van der Waals surface area (Å²) in [6, 6.07) is 10.1. The highest BCUT2D eigenvalue weighted by molar-refractivity contribution is 5.85. The fourth-order valence-corrected chi connectivity index (χ4v) is 2.82. The van der Waals surface area contributed by atoms with Gasteiger partial charge in [0.2, 0.25) is 5.91 Å². The number of nitrogens with zero attached hydrogens (tertiary/aromatic N) is 1. The molecule has 0 aromatic heterocycles. The van der Waals surface area contributed by atoms with Crippen molar-refractivity contribution in [2.75, 3.05) is 46.6 Å². The normalized spacial score (nSPS) is 14.9. The number of ether oxygens (including phenoxy) is 2. The Labute approximate surface area is 151 Å². The molecule has 1 fully saturated rings. The zero-order valence-corrected chi connectivity index (χ0v) is 15.2. The minimum absolute atomic E-state index is 0. The second-order valence-electron chi connectivity index (χ2n) is 5.87. The third-order valence-electron chi connectivity index (χ3n) is 4.15. The average Bonchev–Trinajstić information content (AvgIpc) is 2.61. The van der Waals surface area contributed by atoms with E-state index in [0.29, 0.717) is 32.9 Å². The van der Waals surface area contributed by atoms with Crippen molar-refractivity contribution in [3.8, 4) is 0 Å². The van der Waals surface area contributed by atoms with Gasteiger partial charge in [0.1, 0.15) is 0 Å². The van der Waals surface area contributed by atoms with Gasteiger partial charge in [-0.1, -0.05) is 30.3 Å². The van der Waals surface area contributed by atoms with Gasteiger partial charge in [-0.05, 0) is 31.5 Å². The summed E-state index contributed by atoms with van der Waals surface area (Å²) in [5, 5.41) is 3.32. The van der Waals surface area contributed by atoms with Crippen LogP contribution in [0.3, 0.4) is 0 Å². The summed E-state index contributed by atoms with van der Waals surface area (Å²) < 4.78 is 10.5. The minimum Gasteiger partial charge on any atom is -0.382 e. The van der Waals surface area contributed by atoms with Crippen molar-refractivity contribution >= 4 is 18.3 Å². The third-order valence-corrected chi connectivity index (χ3v) is 4.15. The van der Waals surface area contributed by atoms with Crippen LogP contribution < -0.4 is 5.32 Å². The monoisotopic (exact) mass is 356 g/mol. The number of rotatable bonds is 9. The molecular formula is C18H29ClN2O3. The fraction of sp³-hybridized carbons (Fsp3) is 0.611. The van der Waals surface area contributed by atoms with Crippen LogP contribution in [0.2, 0.25) is 0 Å². The van der Waals surface area contributed by atoms with Crippen LogP contribution in [0, 0.1) is 5.92 Å². The Balaban J connectivity index is 0.00000288. The molecule has 0 bridgehead atoms. The lowest BCUT2D eigenvalue weighted by Gasteiger charge is -2.29. The molecular weight excluding hydrogens is 328 g/mol. The smallest absolute Gasteiger partial charge is 0.226 e. The number of nitrogens with one attached hydrogen (secondary N) is 1. The molecule has 136 valence electrons. The molecule has 1 aromatic rings. The zero-order chi connectivity index (χ0) is 16.3. The van der Waals surface area contributed by atoms with Crippen LogP contribution in [0.15, 0.2) is 30.3 Å². The van der Waals surface area contributed by atoms with Gasteiger partial charge in [-0.15, -0.1) is 12.4 Å². The van der Waals surface area contributed by atoms with Crippen molar-refractivity contribution in [2.24, 2.45) is 5.92 Å². The van der Waals surface area contributed by atoms with Gasteiger partial charge in [0.05, 0.1) is 19.8 Å². The molecule has 1 amide bonds. The van der Waals surface area contributed by atoms with E-state index in [2.05, 4.69) is 17.4 Å². The Morgan fingerprint density at radius 2 is 1.88 bits per heavy atom. The van der Waals surface area contributed by atoms with Gasteiger partial charge in [-0.3, -0.25) is 4.79 Å². The number of halogens is 1. The van der Waals surface area contributed by atoms with Gasteiger partial charge in [0.15, 0.2) is 0 Å². The molecule has 1 saturated heterocycles. The maximum atomic E-state index is 12.8. The lowest BCUT2D eigenvalue weighted by atomic mass is 9.96. The van der Waals surface area contributed by atoms with E-state index in [-0.39, 0.29) is 24.2 Å². The molecule has 0 saturated carbocycles. The summed E-state index contributed by atoms with van der Waals surface area (Å²) in [4.78, 5) is 14.8. The highest BCUT2D eigenvalue weighted by Crippen LogP contribution is 2.17. The lowest BCUT2D eigenvalue weighted by Crippen LogP contribution is -2.42. The summed E-state index contributed by atoms with van der Waals surface area (Å²) in [5.74, 6) is 0.393. The Hall–Kier alpha value is -1.14. The van der Waals surface area contributed by atoms with Crippen LogP contribution in [0.5, 0.6) is 0 Å². The number of piperidine rings is 1. The predicted molar refractivity (Wildman–Crippen MR) is 97.4 cm³/mol. The molecule has 1 aromatic carbocycles. The van der Waals surface area contributed by atoms with Crippen molar-refractivity contribution in [2.45, 2.75) is 19.4 Å². The van der Waals surface area contributed by atoms with E-state index in [9.17, 15) is 4.79 Å². The molecule has 1 N–H and O–H groups in total. The number of carbonyl (C=O) groups excluding carboxylic acids is 1. The van der Waals surface area contributed by atoms with Gasteiger partial charge in [-0.25, -0.2) is 0 Å². The molecule has 0 radical (unpaired) electrons. The van der Waals surface area contributed by atoms with E-state index in [1.165, 1.54) is 0 Å². The summed E-state index contributed by atoms with van der Waals surface area (Å²) in [7, 11) is 1.66. The third kappa shape index (κ3) is 7.18. The molecule has 1 aliphatic heterocycles. The van der Waals surface area contributed by atoms with E-state index in [4.69, 9.17) is 9.47 Å². The number of carbonyl (C=O) groups is 1. The maximum Gasteiger partial charge on any atom is 0.226 e. The molecule has 24 heavy (non-hydrogen) atoms. The first-order valence-electron chi connectivity index (χ1n) is 8.41. The number of hydrogen-bond acceptors (Lipinski definition) is 4. The highest BCUT2D eigenvalue weighted by Gasteiger charge is 2.25. The second kappa shape index (κ2) is 12.3. The van der Waals surface area contributed by atoms with Crippen molar-refractivity contribution in [3.05, 3.63) is 35.9 Å². The lowest BCUT2D eigenvalue weighted by molar-refractivity contribution is -0.137. The number of methoxy groups -OCH3 is 1. The fourth-order valence-electron chi connectivity index (χ4n) is 2.82. The van der Waals surface area contributed by atoms with E-state index < -0.39 is 0 Å². The van der Waals surface area contributed by atoms with E-state index in [1.807, 2.05) is 23.1 Å². The standard InChI is InChI=1S/C18H28N2O3.ClH/c1-22-13-14-23-12-11-20(15-16-5-3-2-4-6-16)18(21)17-7-9-19-10-8-17;/h2-6,17,19H,7-15H2,1H3;1H. The first kappa shape index (κ1) is 20.9. The van der Waals surface area contributed by atoms with Crippen LogP contribution in [0.4, 0.5) is 0 Å². The molecule has 1 aliphatic rings. The van der Waals surface area contributed by atoms with Crippen molar-refractivity contribution in [3.63, 3.8) is 0 Å². The van der Waals surface area contributed by atoms with Crippen LogP contribution in [0.25, 0.3) is 0 Å². The van der Waals surface area contributed by atoms with Crippen LogP contribution in [0.1, 0.15) is 18.4 Å². The van der Waals surface area contributed by atoms with Gasteiger partial charge in [0.25, 0.3) is 0 Å². The highest BCUT2D eigenvalue weighted by atomic mass is 35.5. The van der Waals surface area contributed by atoms with Crippen molar-refractivity contribution in [1.82, 2.24) is 10.2 Å². The molecule has 0 unspecified atom stereocenters. The Bertz CT molecular complexity index is 453. The summed E-state index contributed by atoms with van der Waals surface area (Å²) >= 11 is 0. The van der Waals surface area contributed by atoms with Crippen LogP contribution >= 0.6 is 12.4 Å². The molecule has 1 heterocycles. The molecule has 0 atom stereocenters. The van der Waals surface area contributed by atoms with Gasteiger partial charge in [0, 0.05) is 26.1 Å². The SMILES string of the molecule is COCCOCCN(Cc1ccccc1)C(=O)C1CCNCC1.Cl. The van der Waals surface area contributed by atoms with Crippen LogP contribution in [-0.2, 0) is 20.8 Å². The Kier molecular flexibility index (Phi) is 10.7. The van der Waals surface area contributed by atoms with E-state index in [0.717, 1.165) is 31.5 Å². The number of benzene rings is 1. The summed E-state index contributed by atoms with van der Waals surface area (Å²) in [6.45, 7) is 4.84. The summed E-state index contributed by atoms with van der Waals surface area (Å²) in [5.41, 5.74) is 1.16. The van der Waals surface area contributed by atoms with Gasteiger partial charge in [-0.2, -0.15) is 0 Å². The van der Waals surface area contributed by atoms with Gasteiger partial charge >= 0.3 is 0 Å². The Morgan fingerprint density at radius 3 is 2.54 bits per heavy atom. The largest absolute Gasteiger partial charge is 0.382 e. The quantitative estimate of drug-likeness (QED) is 0.688. The first-order chi connectivity index (χ1) is 11.3. The van der Waals surface area contributed by atoms with Crippen molar-refractivity contribution in [1.29, 1.82) is 0 Å². The van der Waals surface area contributed by atoms with Crippen molar-refractivity contribution < 1.29 is 14.3 Å². The van der Waals surface area contributed by atoms with Gasteiger partial charge < -0.3 is 19.7 Å². The predicted octanol–water partition coefficient (Wildman–Crippen LogP) is 2.10. The van der Waals surface area contributed by atoms with Crippen LogP contribution in [-0.4, -0.2) is 57.4 Å². The maximum absolute atomic E-state index is 12.8. The topological polar surface area (TPSA) is 50.8 Å². The second-order valence-corrected chi connectivity index (χ2v) is 5.87. The molecule has 2 rings (SSSR count). The molecule has 0 aliphatic carbocycles. The van der Waals surface area contributed by atoms with E-state index in [1.54, 1.807) is 7.11 Å². The minimum atomic E-state index is 0. The summed E-state index contributed by atoms with van der Waals surface area (Å²) in [6.07, 6.45) is 1.85. The number of amides is 1. The zero-order valence-electron chi connectivity index (χ0n) is 14.4.